The fourth-order valence-corrected chi connectivity index (χ4v) is 1.02. The van der Waals surface area contributed by atoms with Crippen molar-refractivity contribution >= 4 is 5.82 Å². The molecule has 1 aromatic heterocycles. The molecule has 0 bridgehead atoms. The molecule has 1 heterocycles. The fraction of sp³-hybridized carbons (Fsp3) is 0.444. The van der Waals surface area contributed by atoms with Crippen LogP contribution in [0.15, 0.2) is 18.3 Å². The average molecular weight is 228 g/mol. The van der Waals surface area contributed by atoms with Crippen LogP contribution < -0.4 is 4.74 Å². The lowest BCUT2D eigenvalue weighted by Crippen LogP contribution is -2.22. The maximum atomic E-state index is 10.6. The molecule has 0 aliphatic rings. The highest BCUT2D eigenvalue weighted by atomic mass is 16.7. The predicted molar refractivity (Wildman–Crippen MR) is 54.2 cm³/mol. The van der Waals surface area contributed by atoms with Crippen LogP contribution in [0, 0.1) is 10.1 Å². The van der Waals surface area contributed by atoms with Crippen LogP contribution in [-0.4, -0.2) is 37.0 Å². The molecule has 1 aromatic rings. The molecule has 0 amide bonds. The van der Waals surface area contributed by atoms with Gasteiger partial charge in [-0.05, 0) is 22.0 Å². The number of hydrogen-bond donors (Lipinski definition) is 0. The molecule has 0 unspecified atom stereocenters. The van der Waals surface area contributed by atoms with Gasteiger partial charge in [0.05, 0.1) is 0 Å². The van der Waals surface area contributed by atoms with Gasteiger partial charge in [-0.3, -0.25) is 0 Å². The van der Waals surface area contributed by atoms with Gasteiger partial charge < -0.3 is 24.3 Å². The maximum absolute atomic E-state index is 10.6. The molecule has 0 spiro atoms. The van der Waals surface area contributed by atoms with Gasteiger partial charge in [-0.1, -0.05) is 0 Å². The Morgan fingerprint density at radius 3 is 2.75 bits per heavy atom. The molecule has 0 saturated heterocycles. The van der Waals surface area contributed by atoms with Crippen LogP contribution in [0.1, 0.15) is 0 Å². The molecule has 0 aliphatic carbocycles. The molecule has 0 aliphatic heterocycles. The molecule has 0 aromatic carbocycles. The number of aromatic nitrogens is 1. The summed E-state index contributed by atoms with van der Waals surface area (Å²) in [7, 11) is 2.91. The van der Waals surface area contributed by atoms with Crippen LogP contribution >= 0.6 is 0 Å². The van der Waals surface area contributed by atoms with E-state index in [0.29, 0.717) is 0 Å². The largest absolute Gasteiger partial charge is 0.480 e. The standard InChI is InChI=1S/C9H12N2O5/c1-14-8(15-2)6-16-7-4-3-5-10-9(7)11(12)13/h3-5,8H,6H2,1-2H3. The number of pyridine rings is 1. The third-order valence-corrected chi connectivity index (χ3v) is 1.82. The van der Waals surface area contributed by atoms with Gasteiger partial charge in [0, 0.05) is 14.2 Å². The summed E-state index contributed by atoms with van der Waals surface area (Å²) in [6.45, 7) is 0.0551. The average Bonchev–Trinajstić information content (AvgIpc) is 2.30. The van der Waals surface area contributed by atoms with E-state index in [4.69, 9.17) is 14.2 Å². The SMILES string of the molecule is COC(COc1cccnc1[N+](=O)[O-])OC. The van der Waals surface area contributed by atoms with E-state index in [1.807, 2.05) is 0 Å². The number of rotatable bonds is 6. The lowest BCUT2D eigenvalue weighted by Gasteiger charge is -2.13. The lowest BCUT2D eigenvalue weighted by molar-refractivity contribution is -0.390. The van der Waals surface area contributed by atoms with E-state index >= 15 is 0 Å². The third kappa shape index (κ3) is 3.14. The van der Waals surface area contributed by atoms with E-state index in [1.165, 1.54) is 26.5 Å². The highest BCUT2D eigenvalue weighted by Crippen LogP contribution is 2.22. The molecule has 0 atom stereocenters. The van der Waals surface area contributed by atoms with Crippen molar-refractivity contribution in [3.05, 3.63) is 28.4 Å². The van der Waals surface area contributed by atoms with E-state index in [-0.39, 0.29) is 18.2 Å². The van der Waals surface area contributed by atoms with E-state index in [2.05, 4.69) is 4.98 Å². The van der Waals surface area contributed by atoms with Crippen molar-refractivity contribution in [3.8, 4) is 5.75 Å². The zero-order chi connectivity index (χ0) is 12.0. The molecule has 0 saturated carbocycles. The third-order valence-electron chi connectivity index (χ3n) is 1.82. The summed E-state index contributed by atoms with van der Waals surface area (Å²) in [6.07, 6.45) is 0.759. The second-order valence-corrected chi connectivity index (χ2v) is 2.79. The van der Waals surface area contributed by atoms with Crippen molar-refractivity contribution in [3.63, 3.8) is 0 Å². The smallest absolute Gasteiger partial charge is 0.406 e. The second-order valence-electron chi connectivity index (χ2n) is 2.79. The Labute approximate surface area is 92.1 Å². The first kappa shape index (κ1) is 12.3. The molecule has 7 nitrogen and oxygen atoms in total. The highest BCUT2D eigenvalue weighted by molar-refractivity contribution is 5.38. The summed E-state index contributed by atoms with van der Waals surface area (Å²) < 4.78 is 15.0. The molecular formula is C9H12N2O5. The van der Waals surface area contributed by atoms with Crippen LogP contribution in [0.4, 0.5) is 5.82 Å². The van der Waals surface area contributed by atoms with Gasteiger partial charge in [0.2, 0.25) is 5.75 Å². The molecule has 0 radical (unpaired) electrons. The summed E-state index contributed by atoms with van der Waals surface area (Å²) in [4.78, 5) is 13.6. The molecule has 0 fully saturated rings. The number of hydrogen-bond acceptors (Lipinski definition) is 6. The van der Waals surface area contributed by atoms with E-state index < -0.39 is 11.2 Å². The Morgan fingerprint density at radius 2 is 2.19 bits per heavy atom. The minimum absolute atomic E-state index is 0.0551. The van der Waals surface area contributed by atoms with Crippen molar-refractivity contribution in [2.24, 2.45) is 0 Å². The number of methoxy groups -OCH3 is 2. The molecule has 0 N–H and O–H groups in total. The van der Waals surface area contributed by atoms with Crippen LogP contribution in [0.5, 0.6) is 5.75 Å². The summed E-state index contributed by atoms with van der Waals surface area (Å²) in [5, 5.41) is 10.6. The second kappa shape index (κ2) is 5.99. The topological polar surface area (TPSA) is 83.7 Å². The molecule has 16 heavy (non-hydrogen) atoms. The van der Waals surface area contributed by atoms with Crippen molar-refractivity contribution < 1.29 is 19.1 Å². The van der Waals surface area contributed by atoms with Crippen LogP contribution in [0.25, 0.3) is 0 Å². The van der Waals surface area contributed by atoms with Gasteiger partial charge in [-0.25, -0.2) is 0 Å². The van der Waals surface area contributed by atoms with Crippen molar-refractivity contribution in [2.75, 3.05) is 20.8 Å². The van der Waals surface area contributed by atoms with E-state index in [9.17, 15) is 10.1 Å². The normalized spacial score (nSPS) is 10.4. The van der Waals surface area contributed by atoms with Crippen LogP contribution in [0.2, 0.25) is 0 Å². The quantitative estimate of drug-likeness (QED) is 0.410. The predicted octanol–water partition coefficient (Wildman–Crippen LogP) is 0.987. The molecule has 1 rings (SSSR count). The van der Waals surface area contributed by atoms with Crippen molar-refractivity contribution in [1.29, 1.82) is 0 Å². The van der Waals surface area contributed by atoms with E-state index in [1.54, 1.807) is 6.07 Å². The Kier molecular flexibility index (Phi) is 4.62. The first-order valence-corrected chi connectivity index (χ1v) is 4.46. The first-order valence-electron chi connectivity index (χ1n) is 4.46. The monoisotopic (exact) mass is 228 g/mol. The lowest BCUT2D eigenvalue weighted by atomic mass is 10.4. The number of nitro groups is 1. The van der Waals surface area contributed by atoms with Gasteiger partial charge >= 0.3 is 5.82 Å². The highest BCUT2D eigenvalue weighted by Gasteiger charge is 2.17. The summed E-state index contributed by atoms with van der Waals surface area (Å²) >= 11 is 0. The summed E-state index contributed by atoms with van der Waals surface area (Å²) in [6, 6.07) is 3.02. The maximum Gasteiger partial charge on any atom is 0.406 e. The fourth-order valence-electron chi connectivity index (χ4n) is 1.02. The van der Waals surface area contributed by atoms with Gasteiger partial charge in [-0.15, -0.1) is 0 Å². The Hall–Kier alpha value is -1.73. The van der Waals surface area contributed by atoms with Crippen LogP contribution in [0.3, 0.4) is 0 Å². The number of ether oxygens (including phenoxy) is 3. The van der Waals surface area contributed by atoms with Gasteiger partial charge in [-0.2, -0.15) is 0 Å². The summed E-state index contributed by atoms with van der Waals surface area (Å²) in [5.41, 5.74) is 0. The zero-order valence-corrected chi connectivity index (χ0v) is 8.95. The Morgan fingerprint density at radius 1 is 1.50 bits per heavy atom. The van der Waals surface area contributed by atoms with Gasteiger partial charge in [0.15, 0.2) is 6.29 Å². The minimum atomic E-state index is -0.607. The number of nitrogens with zero attached hydrogens (tertiary/aromatic N) is 2. The van der Waals surface area contributed by atoms with Crippen LogP contribution in [-0.2, 0) is 9.47 Å². The zero-order valence-electron chi connectivity index (χ0n) is 8.95. The molecular weight excluding hydrogens is 216 g/mol. The van der Waals surface area contributed by atoms with Crippen molar-refractivity contribution in [1.82, 2.24) is 4.98 Å². The molecule has 7 heteroatoms. The molecule has 88 valence electrons. The minimum Gasteiger partial charge on any atom is -0.480 e. The Balaban J connectivity index is 2.69. The first-order chi connectivity index (χ1) is 7.69. The summed E-state index contributed by atoms with van der Waals surface area (Å²) in [5.74, 6) is -0.236. The van der Waals surface area contributed by atoms with E-state index in [0.717, 1.165) is 0 Å². The Bertz CT molecular complexity index is 354. The van der Waals surface area contributed by atoms with Crippen molar-refractivity contribution in [2.45, 2.75) is 6.29 Å². The van der Waals surface area contributed by atoms with Gasteiger partial charge in [0.25, 0.3) is 0 Å². The van der Waals surface area contributed by atoms with Gasteiger partial charge in [0.1, 0.15) is 12.8 Å².